The minimum atomic E-state index is -3.58. The summed E-state index contributed by atoms with van der Waals surface area (Å²) in [5, 5.41) is 18.8. The summed E-state index contributed by atoms with van der Waals surface area (Å²) in [4.78, 5) is 32.7. The normalized spacial score (nSPS) is 28.6. The van der Waals surface area contributed by atoms with E-state index < -0.39 is 40.2 Å². The summed E-state index contributed by atoms with van der Waals surface area (Å²) in [6, 6.07) is -0.333. The van der Waals surface area contributed by atoms with Gasteiger partial charge in [-0.15, -0.1) is 0 Å². The SMILES string of the molecule is CC(C)CN(C(O)C1CNC(C(C)(C)C)NC1N)[C@H]1C[C@@H](C(=O)N2CCN(S(=O)(=O)N(C)C)CC2)CN(C(=O)OC(C)(C)C)C1. The molecule has 0 bridgehead atoms. The van der Waals surface area contributed by atoms with Gasteiger partial charge in [0.05, 0.1) is 18.2 Å². The Kier molecular flexibility index (Phi) is 12.3. The summed E-state index contributed by atoms with van der Waals surface area (Å²) in [5.74, 6) is -0.808. The highest BCUT2D eigenvalue weighted by Gasteiger charge is 2.45. The van der Waals surface area contributed by atoms with Crippen molar-refractivity contribution in [1.82, 2.24) is 33.9 Å². The van der Waals surface area contributed by atoms with Crippen molar-refractivity contribution in [1.29, 1.82) is 0 Å². The van der Waals surface area contributed by atoms with Crippen molar-refractivity contribution >= 4 is 22.2 Å². The van der Waals surface area contributed by atoms with Gasteiger partial charge in [-0.1, -0.05) is 34.6 Å². The van der Waals surface area contributed by atoms with E-state index in [2.05, 4.69) is 45.3 Å². The van der Waals surface area contributed by atoms with Gasteiger partial charge in [0.15, 0.2) is 0 Å². The maximum absolute atomic E-state index is 14.0. The molecule has 3 fully saturated rings. The first-order valence-corrected chi connectivity index (χ1v) is 17.6. The van der Waals surface area contributed by atoms with Gasteiger partial charge in [0.25, 0.3) is 10.2 Å². The molecule has 5 N–H and O–H groups in total. The Morgan fingerprint density at radius 3 is 2.11 bits per heavy atom. The van der Waals surface area contributed by atoms with Crippen molar-refractivity contribution in [2.45, 2.75) is 92.0 Å². The second-order valence-corrected chi connectivity index (χ2v) is 17.7. The Bertz CT molecular complexity index is 1120. The quantitative estimate of drug-likeness (QED) is 0.267. The molecule has 0 aromatic carbocycles. The molecule has 262 valence electrons. The fraction of sp³-hybridized carbons (Fsp3) is 0.933. The zero-order valence-corrected chi connectivity index (χ0v) is 29.9. The third-order valence-corrected chi connectivity index (χ3v) is 10.7. The number of amides is 2. The van der Waals surface area contributed by atoms with E-state index in [1.54, 1.807) is 30.6 Å². The highest BCUT2D eigenvalue weighted by atomic mass is 32.2. The predicted octanol–water partition coefficient (Wildman–Crippen LogP) is 0.305. The van der Waals surface area contributed by atoms with E-state index >= 15 is 0 Å². The predicted molar refractivity (Wildman–Crippen MR) is 174 cm³/mol. The number of aliphatic hydroxyl groups is 1. The van der Waals surface area contributed by atoms with Gasteiger partial charge in [-0.2, -0.15) is 17.0 Å². The Labute approximate surface area is 271 Å². The van der Waals surface area contributed by atoms with Crippen LogP contribution in [0.1, 0.15) is 61.8 Å². The maximum Gasteiger partial charge on any atom is 0.410 e. The first kappa shape index (κ1) is 37.9. The third-order valence-electron chi connectivity index (χ3n) is 8.78. The van der Waals surface area contributed by atoms with E-state index in [0.29, 0.717) is 26.1 Å². The Hall–Kier alpha value is -1.59. The standard InChI is InChI=1S/C30H60N8O6S/c1-20(2)17-38(26(40)23-16-32-27(29(3,4)5)33-24(23)31)22-15-21(18-36(19-22)28(41)44-30(6,7)8)25(39)35-11-13-37(14-12-35)45(42,43)34(9)10/h20-24,26-27,32-33,40H,11-19,31H2,1-10H3/t21-,22+,23?,24?,26?,27?/m1/s1. The first-order valence-electron chi connectivity index (χ1n) is 16.2. The van der Waals surface area contributed by atoms with Crippen molar-refractivity contribution < 1.29 is 27.9 Å². The summed E-state index contributed by atoms with van der Waals surface area (Å²) >= 11 is 0. The van der Waals surface area contributed by atoms with Crippen LogP contribution in [0.2, 0.25) is 0 Å². The number of ether oxygens (including phenoxy) is 1. The Morgan fingerprint density at radius 2 is 1.62 bits per heavy atom. The number of carbonyl (C=O) groups is 2. The number of nitrogens with zero attached hydrogens (tertiary/aromatic N) is 5. The van der Waals surface area contributed by atoms with Crippen LogP contribution in [0.5, 0.6) is 0 Å². The number of rotatable bonds is 8. The lowest BCUT2D eigenvalue weighted by Gasteiger charge is -2.49. The monoisotopic (exact) mass is 660 g/mol. The number of aliphatic hydroxyl groups excluding tert-OH is 1. The minimum absolute atomic E-state index is 0.0120. The van der Waals surface area contributed by atoms with Crippen LogP contribution in [0.3, 0.4) is 0 Å². The highest BCUT2D eigenvalue weighted by Crippen LogP contribution is 2.30. The van der Waals surface area contributed by atoms with Crippen LogP contribution < -0.4 is 16.4 Å². The van der Waals surface area contributed by atoms with Crippen LogP contribution >= 0.6 is 0 Å². The molecule has 0 radical (unpaired) electrons. The molecule has 45 heavy (non-hydrogen) atoms. The lowest BCUT2D eigenvalue weighted by molar-refractivity contribution is -0.143. The smallest absolute Gasteiger partial charge is 0.410 e. The Morgan fingerprint density at radius 1 is 1.02 bits per heavy atom. The fourth-order valence-corrected chi connectivity index (χ4v) is 7.43. The molecule has 3 heterocycles. The molecule has 3 rings (SSSR count). The van der Waals surface area contributed by atoms with Gasteiger partial charge in [0.1, 0.15) is 11.8 Å². The lowest BCUT2D eigenvalue weighted by Crippen LogP contribution is -2.70. The van der Waals surface area contributed by atoms with Crippen LogP contribution in [0.25, 0.3) is 0 Å². The number of carbonyl (C=O) groups excluding carboxylic acids is 2. The van der Waals surface area contributed by atoms with E-state index in [0.717, 1.165) is 0 Å². The summed E-state index contributed by atoms with van der Waals surface area (Å²) < 4.78 is 33.6. The summed E-state index contributed by atoms with van der Waals surface area (Å²) in [6.07, 6.45) is -1.47. The van der Waals surface area contributed by atoms with E-state index in [1.807, 2.05) is 4.90 Å². The zero-order valence-electron chi connectivity index (χ0n) is 29.1. The second-order valence-electron chi connectivity index (χ2n) is 15.6. The van der Waals surface area contributed by atoms with E-state index in [9.17, 15) is 23.1 Å². The molecule has 2 amide bonds. The van der Waals surface area contributed by atoms with Gasteiger partial charge in [-0.25, -0.2) is 4.79 Å². The molecule has 0 saturated carbocycles. The molecule has 0 aromatic heterocycles. The molecule has 15 heteroatoms. The molecule has 3 aliphatic rings. The van der Waals surface area contributed by atoms with Crippen molar-refractivity contribution in [3.05, 3.63) is 0 Å². The minimum Gasteiger partial charge on any atom is -0.444 e. The van der Waals surface area contributed by atoms with Crippen molar-refractivity contribution in [3.63, 3.8) is 0 Å². The molecule has 0 aromatic rings. The largest absolute Gasteiger partial charge is 0.444 e. The van der Waals surface area contributed by atoms with Crippen LogP contribution in [0.15, 0.2) is 0 Å². The van der Waals surface area contributed by atoms with E-state index in [-0.39, 0.29) is 68.1 Å². The second kappa shape index (κ2) is 14.7. The molecular weight excluding hydrogens is 600 g/mol. The van der Waals surface area contributed by atoms with Gasteiger partial charge in [0.2, 0.25) is 5.91 Å². The number of piperazine rings is 1. The number of hydrogen-bond acceptors (Lipinski definition) is 10. The highest BCUT2D eigenvalue weighted by molar-refractivity contribution is 7.86. The van der Waals surface area contributed by atoms with Gasteiger partial charge < -0.3 is 30.7 Å². The van der Waals surface area contributed by atoms with Crippen molar-refractivity contribution in [2.24, 2.45) is 28.9 Å². The molecule has 0 spiro atoms. The van der Waals surface area contributed by atoms with E-state index in [4.69, 9.17) is 10.5 Å². The number of nitrogens with two attached hydrogens (primary N) is 1. The zero-order chi connectivity index (χ0) is 34.1. The number of nitrogens with one attached hydrogen (secondary N) is 2. The molecule has 3 saturated heterocycles. The van der Waals surface area contributed by atoms with Gasteiger partial charge in [-0.05, 0) is 38.5 Å². The van der Waals surface area contributed by atoms with Crippen LogP contribution in [0.4, 0.5) is 4.79 Å². The third kappa shape index (κ3) is 9.72. The topological polar surface area (TPSA) is 164 Å². The summed E-state index contributed by atoms with van der Waals surface area (Å²) in [6.45, 7) is 18.4. The number of piperidine rings is 1. The average Bonchev–Trinajstić information content (AvgIpc) is 2.93. The van der Waals surface area contributed by atoms with Gasteiger partial charge in [0, 0.05) is 78.4 Å². The number of hydrogen-bond donors (Lipinski definition) is 4. The Balaban J connectivity index is 1.85. The average molecular weight is 661 g/mol. The molecule has 6 atom stereocenters. The first-order chi connectivity index (χ1) is 20.6. The van der Waals surface area contributed by atoms with Crippen LogP contribution in [-0.4, -0.2) is 145 Å². The van der Waals surface area contributed by atoms with Crippen LogP contribution in [-0.2, 0) is 19.7 Å². The molecular formula is C30H60N8O6S. The fourth-order valence-electron chi connectivity index (χ4n) is 6.34. The maximum atomic E-state index is 14.0. The molecule has 4 unspecified atom stereocenters. The van der Waals surface area contributed by atoms with E-state index in [1.165, 1.54) is 22.7 Å². The van der Waals surface area contributed by atoms with Gasteiger partial charge in [-0.3, -0.25) is 15.0 Å². The lowest BCUT2D eigenvalue weighted by atomic mass is 9.87. The summed E-state index contributed by atoms with van der Waals surface area (Å²) in [5.41, 5.74) is 5.82. The van der Waals surface area contributed by atoms with Crippen molar-refractivity contribution in [3.8, 4) is 0 Å². The number of likely N-dealkylation sites (tertiary alicyclic amines) is 1. The summed E-state index contributed by atoms with van der Waals surface area (Å²) in [7, 11) is -0.589. The van der Waals surface area contributed by atoms with Crippen molar-refractivity contribution in [2.75, 3.05) is 66.5 Å². The molecule has 3 aliphatic heterocycles. The van der Waals surface area contributed by atoms with Crippen LogP contribution in [0, 0.1) is 23.2 Å². The van der Waals surface area contributed by atoms with Gasteiger partial charge >= 0.3 is 6.09 Å². The molecule has 14 nitrogen and oxygen atoms in total. The molecule has 0 aliphatic carbocycles.